The van der Waals surface area contributed by atoms with Crippen LogP contribution in [0.2, 0.25) is 0 Å². The van der Waals surface area contributed by atoms with Crippen molar-refractivity contribution in [3.63, 3.8) is 0 Å². The number of aliphatic hydroxyl groups is 1. The molecule has 1 N–H and O–H groups in total. The van der Waals surface area contributed by atoms with Crippen molar-refractivity contribution in [3.8, 4) is 5.75 Å². The SMILES string of the molecule is CC(C)c1noc(N2CCC(C3CC3CCOc3ccc(CC(=O)N4Cc5sccc5C(O)C4)c(F)c3)CC2)n1. The summed E-state index contributed by atoms with van der Waals surface area (Å²) in [6, 6.07) is 7.32. The number of ether oxygens (including phenoxy) is 1. The number of rotatable bonds is 9. The Morgan fingerprint density at radius 1 is 1.27 bits per heavy atom. The standard InChI is InChI=1S/C30H37FN4O4S/c1-18(2)29-32-30(39-33-29)34-9-5-19(6-10-34)24-13-20(24)7-11-38-22-4-3-21(25(31)15-22)14-28(37)35-16-26(36)23-8-12-40-27(23)17-35/h3-4,8,12,15,18-20,24,26,36H,5-7,9-11,13-14,16-17H2,1-2H3. The second-order valence-electron chi connectivity index (χ2n) is 11.7. The molecule has 40 heavy (non-hydrogen) atoms. The van der Waals surface area contributed by atoms with E-state index in [0.717, 1.165) is 60.5 Å². The summed E-state index contributed by atoms with van der Waals surface area (Å²) < 4.78 is 26.2. The first-order chi connectivity index (χ1) is 19.4. The molecule has 0 spiro atoms. The van der Waals surface area contributed by atoms with Gasteiger partial charge < -0.3 is 24.2 Å². The molecule has 3 aliphatic rings. The topological polar surface area (TPSA) is 91.9 Å². The molecule has 1 aromatic carbocycles. The summed E-state index contributed by atoms with van der Waals surface area (Å²) in [4.78, 5) is 22.2. The number of aliphatic hydroxyl groups excluding tert-OH is 1. The van der Waals surface area contributed by atoms with E-state index in [1.807, 2.05) is 11.4 Å². The Kier molecular flexibility index (Phi) is 7.81. The number of hydrogen-bond acceptors (Lipinski definition) is 8. The van der Waals surface area contributed by atoms with Gasteiger partial charge in [0.2, 0.25) is 5.91 Å². The fourth-order valence-corrected chi connectivity index (χ4v) is 7.11. The molecule has 4 heterocycles. The van der Waals surface area contributed by atoms with E-state index < -0.39 is 11.9 Å². The lowest BCUT2D eigenvalue weighted by molar-refractivity contribution is -0.133. The summed E-state index contributed by atoms with van der Waals surface area (Å²) in [5, 5.41) is 16.3. The molecule has 1 saturated carbocycles. The van der Waals surface area contributed by atoms with Gasteiger partial charge in [-0.1, -0.05) is 25.1 Å². The van der Waals surface area contributed by atoms with E-state index in [2.05, 4.69) is 28.9 Å². The van der Waals surface area contributed by atoms with Gasteiger partial charge in [-0.25, -0.2) is 4.39 Å². The van der Waals surface area contributed by atoms with Crippen LogP contribution in [0.15, 0.2) is 34.2 Å². The van der Waals surface area contributed by atoms with Crippen LogP contribution in [0.3, 0.4) is 0 Å². The molecule has 6 rings (SSSR count). The molecule has 0 radical (unpaired) electrons. The Balaban J connectivity index is 0.923. The second-order valence-corrected chi connectivity index (χ2v) is 12.7. The fraction of sp³-hybridized carbons (Fsp3) is 0.567. The molecule has 2 aromatic heterocycles. The highest BCUT2D eigenvalue weighted by Crippen LogP contribution is 2.50. The van der Waals surface area contributed by atoms with Crippen molar-refractivity contribution in [2.24, 2.45) is 17.8 Å². The molecule has 2 aliphatic heterocycles. The highest BCUT2D eigenvalue weighted by Gasteiger charge is 2.43. The van der Waals surface area contributed by atoms with Gasteiger partial charge in [-0.05, 0) is 72.1 Å². The van der Waals surface area contributed by atoms with Crippen molar-refractivity contribution in [1.82, 2.24) is 15.0 Å². The molecular formula is C30H37FN4O4S. The number of anilines is 1. The zero-order chi connectivity index (χ0) is 27.8. The molecule has 2 fully saturated rings. The largest absolute Gasteiger partial charge is 0.493 e. The lowest BCUT2D eigenvalue weighted by Gasteiger charge is -2.30. The van der Waals surface area contributed by atoms with E-state index in [1.165, 1.54) is 23.8 Å². The minimum absolute atomic E-state index is 0.0342. The Morgan fingerprint density at radius 2 is 2.10 bits per heavy atom. The summed E-state index contributed by atoms with van der Waals surface area (Å²) >= 11 is 1.53. The molecule has 3 unspecified atom stereocenters. The van der Waals surface area contributed by atoms with Gasteiger partial charge in [0.1, 0.15) is 11.6 Å². The van der Waals surface area contributed by atoms with Crippen molar-refractivity contribution in [2.75, 3.05) is 31.1 Å². The van der Waals surface area contributed by atoms with Crippen molar-refractivity contribution in [3.05, 3.63) is 57.3 Å². The third-order valence-corrected chi connectivity index (χ3v) is 9.60. The molecule has 1 aliphatic carbocycles. The predicted molar refractivity (Wildman–Crippen MR) is 150 cm³/mol. The Hall–Kier alpha value is -2.98. The lowest BCUT2D eigenvalue weighted by Crippen LogP contribution is -2.38. The van der Waals surface area contributed by atoms with Gasteiger partial charge in [0, 0.05) is 30.0 Å². The van der Waals surface area contributed by atoms with Crippen molar-refractivity contribution in [2.45, 2.75) is 64.5 Å². The van der Waals surface area contributed by atoms with Crippen molar-refractivity contribution in [1.29, 1.82) is 0 Å². The van der Waals surface area contributed by atoms with Gasteiger partial charge in [0.05, 0.1) is 32.2 Å². The minimum Gasteiger partial charge on any atom is -0.493 e. The van der Waals surface area contributed by atoms with Crippen LogP contribution in [0.25, 0.3) is 0 Å². The summed E-state index contributed by atoms with van der Waals surface area (Å²) in [6.07, 6.45) is 3.76. The Morgan fingerprint density at radius 3 is 2.85 bits per heavy atom. The number of carbonyl (C=O) groups excluding carboxylic acids is 1. The van der Waals surface area contributed by atoms with Gasteiger partial charge in [-0.15, -0.1) is 11.3 Å². The van der Waals surface area contributed by atoms with E-state index in [1.54, 1.807) is 17.0 Å². The normalized spacial score (nSPS) is 23.0. The van der Waals surface area contributed by atoms with Crippen LogP contribution >= 0.6 is 11.3 Å². The first-order valence-electron chi connectivity index (χ1n) is 14.4. The number of amides is 1. The van der Waals surface area contributed by atoms with E-state index in [9.17, 15) is 14.3 Å². The quantitative estimate of drug-likeness (QED) is 0.373. The molecule has 3 aromatic rings. The minimum atomic E-state index is -0.687. The van der Waals surface area contributed by atoms with Gasteiger partial charge in [0.25, 0.3) is 0 Å². The van der Waals surface area contributed by atoms with Gasteiger partial charge in [-0.2, -0.15) is 4.98 Å². The fourth-order valence-electron chi connectivity index (χ4n) is 6.16. The molecule has 0 bridgehead atoms. The smallest absolute Gasteiger partial charge is 0.324 e. The number of hydrogen-bond donors (Lipinski definition) is 1. The summed E-state index contributed by atoms with van der Waals surface area (Å²) in [7, 11) is 0. The highest BCUT2D eigenvalue weighted by atomic mass is 32.1. The maximum Gasteiger partial charge on any atom is 0.324 e. The summed E-state index contributed by atoms with van der Waals surface area (Å²) in [6.45, 7) is 7.30. The summed E-state index contributed by atoms with van der Waals surface area (Å²) in [5.74, 6) is 3.02. The van der Waals surface area contributed by atoms with E-state index in [0.29, 0.717) is 36.4 Å². The highest BCUT2D eigenvalue weighted by molar-refractivity contribution is 7.10. The maximum absolute atomic E-state index is 14.8. The monoisotopic (exact) mass is 568 g/mol. The number of β-amino-alcohol motifs (C(OH)–C–C–N with tert-alkyl or cyclic N) is 1. The van der Waals surface area contributed by atoms with Crippen LogP contribution in [0.5, 0.6) is 5.75 Å². The van der Waals surface area contributed by atoms with Crippen LogP contribution in [-0.4, -0.2) is 52.3 Å². The van der Waals surface area contributed by atoms with Crippen molar-refractivity contribution >= 4 is 23.3 Å². The summed E-state index contributed by atoms with van der Waals surface area (Å²) in [5.41, 5.74) is 1.24. The molecule has 8 nitrogen and oxygen atoms in total. The second kappa shape index (κ2) is 11.5. The van der Waals surface area contributed by atoms with E-state index >= 15 is 0 Å². The van der Waals surface area contributed by atoms with E-state index in [-0.39, 0.29) is 24.8 Å². The van der Waals surface area contributed by atoms with Gasteiger partial charge in [0.15, 0.2) is 5.82 Å². The van der Waals surface area contributed by atoms with Crippen molar-refractivity contribution < 1.29 is 23.6 Å². The number of halogens is 1. The molecular weight excluding hydrogens is 531 g/mol. The maximum atomic E-state index is 14.8. The van der Waals surface area contributed by atoms with Crippen LogP contribution in [0.1, 0.15) is 73.4 Å². The van der Waals surface area contributed by atoms with E-state index in [4.69, 9.17) is 9.26 Å². The van der Waals surface area contributed by atoms with Crippen LogP contribution in [0.4, 0.5) is 10.4 Å². The van der Waals surface area contributed by atoms with Gasteiger partial charge >= 0.3 is 6.01 Å². The predicted octanol–water partition coefficient (Wildman–Crippen LogP) is 5.33. The number of fused-ring (bicyclic) bond motifs is 1. The first kappa shape index (κ1) is 27.2. The Bertz CT molecular complexity index is 1330. The molecule has 1 amide bonds. The first-order valence-corrected chi connectivity index (χ1v) is 15.3. The number of aromatic nitrogens is 2. The average Bonchev–Trinajstić information content (AvgIpc) is 3.31. The number of benzene rings is 1. The van der Waals surface area contributed by atoms with Crippen LogP contribution < -0.4 is 9.64 Å². The average molecular weight is 569 g/mol. The lowest BCUT2D eigenvalue weighted by atomic mass is 9.90. The zero-order valence-electron chi connectivity index (χ0n) is 23.1. The number of nitrogens with zero attached hydrogens (tertiary/aromatic N) is 4. The number of carbonyl (C=O) groups is 1. The number of thiophene rings is 1. The third kappa shape index (κ3) is 5.88. The molecule has 3 atom stereocenters. The van der Waals surface area contributed by atoms with Crippen LogP contribution in [-0.2, 0) is 17.8 Å². The van der Waals surface area contributed by atoms with Crippen LogP contribution in [0, 0.1) is 23.6 Å². The number of piperidine rings is 1. The molecule has 10 heteroatoms. The van der Waals surface area contributed by atoms with Gasteiger partial charge in [-0.3, -0.25) is 4.79 Å². The molecule has 1 saturated heterocycles. The molecule has 214 valence electrons. The third-order valence-electron chi connectivity index (χ3n) is 8.68. The zero-order valence-corrected chi connectivity index (χ0v) is 23.9. The Labute approximate surface area is 238 Å².